The summed E-state index contributed by atoms with van der Waals surface area (Å²) in [7, 11) is 1.57. The zero-order valence-corrected chi connectivity index (χ0v) is 25.7. The van der Waals surface area contributed by atoms with E-state index in [9.17, 15) is 14.0 Å². The first-order valence-electron chi connectivity index (χ1n) is 13.6. The maximum atomic E-state index is 15.8. The second-order valence-electron chi connectivity index (χ2n) is 12.3. The van der Waals surface area contributed by atoms with Crippen LogP contribution in [-0.2, 0) is 24.5 Å². The van der Waals surface area contributed by atoms with Gasteiger partial charge in [0.2, 0.25) is 5.95 Å². The van der Waals surface area contributed by atoms with Crippen molar-refractivity contribution in [1.82, 2.24) is 9.88 Å². The van der Waals surface area contributed by atoms with Gasteiger partial charge >= 0.3 is 12.2 Å². The average Bonchev–Trinajstić information content (AvgIpc) is 2.87. The molecule has 9 nitrogen and oxygen atoms in total. The number of carbonyl (C=O) groups excluding carboxylic acids is 2. The molecule has 42 heavy (non-hydrogen) atoms. The van der Waals surface area contributed by atoms with E-state index < -0.39 is 40.7 Å². The van der Waals surface area contributed by atoms with Gasteiger partial charge in [0.15, 0.2) is 5.17 Å². The molecule has 2 amide bonds. The van der Waals surface area contributed by atoms with Crippen molar-refractivity contribution in [2.45, 2.75) is 70.8 Å². The highest BCUT2D eigenvalue weighted by atomic mass is 32.2. The first kappa shape index (κ1) is 31.8. The summed E-state index contributed by atoms with van der Waals surface area (Å²) in [5, 5.41) is -0.0131. The number of ether oxygens (including phenoxy) is 4. The van der Waals surface area contributed by atoms with Gasteiger partial charge in [-0.2, -0.15) is 9.29 Å². The molecule has 228 valence electrons. The molecule has 12 heteroatoms. The number of methoxy groups -OCH3 is 1. The van der Waals surface area contributed by atoms with Crippen molar-refractivity contribution in [3.05, 3.63) is 53.9 Å². The SMILES string of the molecule is COC[C@H]1CC2CSC(N(C(=O)OC(C)(C)C)C(=O)OC(C)(C)C)=N[C@@]2(c2cc(-c3cccnc3F)ccc2F)CO1. The van der Waals surface area contributed by atoms with Gasteiger partial charge in [-0.25, -0.2) is 24.0 Å². The second kappa shape index (κ2) is 12.3. The summed E-state index contributed by atoms with van der Waals surface area (Å²) in [5.41, 5.74) is -2.46. The van der Waals surface area contributed by atoms with Crippen molar-refractivity contribution in [1.29, 1.82) is 0 Å². The van der Waals surface area contributed by atoms with Crippen LogP contribution in [0, 0.1) is 17.7 Å². The molecule has 2 aliphatic heterocycles. The summed E-state index contributed by atoms with van der Waals surface area (Å²) in [6.45, 7) is 10.3. The van der Waals surface area contributed by atoms with Crippen LogP contribution in [-0.4, -0.2) is 70.6 Å². The van der Waals surface area contributed by atoms with Crippen LogP contribution in [0.5, 0.6) is 0 Å². The number of pyridine rings is 1. The zero-order chi connectivity index (χ0) is 30.9. The number of hydrogen-bond acceptors (Lipinski definition) is 9. The molecule has 0 aliphatic carbocycles. The molecule has 4 rings (SSSR count). The normalized spacial score (nSPS) is 22.5. The highest BCUT2D eigenvalue weighted by Gasteiger charge is 2.51. The third-order valence-electron chi connectivity index (χ3n) is 6.67. The standard InChI is InChI=1S/C30H37F2N3O6S/c1-28(2,3)40-26(36)35(27(37)41-29(4,5)6)25-34-30(17-39-20(15-38-7)14-19(30)16-42-25)22-13-18(10-11-23(22)31)21-9-8-12-33-24(21)32/h8-13,19-20H,14-17H2,1-7H3/t19?,20-,30+/m1/s1. The molecule has 1 fully saturated rings. The molecule has 2 aliphatic rings. The minimum atomic E-state index is -1.36. The van der Waals surface area contributed by atoms with Crippen LogP contribution in [0.1, 0.15) is 53.5 Å². The van der Waals surface area contributed by atoms with E-state index in [-0.39, 0.29) is 34.9 Å². The molecule has 0 bridgehead atoms. The van der Waals surface area contributed by atoms with Crippen molar-refractivity contribution in [3.63, 3.8) is 0 Å². The fraction of sp³-hybridized carbons (Fsp3) is 0.533. The van der Waals surface area contributed by atoms with Crippen LogP contribution < -0.4 is 0 Å². The molecular weight excluding hydrogens is 568 g/mol. The lowest BCUT2D eigenvalue weighted by Gasteiger charge is -2.47. The van der Waals surface area contributed by atoms with Crippen molar-refractivity contribution < 1.29 is 37.3 Å². The van der Waals surface area contributed by atoms with Gasteiger partial charge in [-0.1, -0.05) is 17.8 Å². The van der Waals surface area contributed by atoms with Gasteiger partial charge in [0.25, 0.3) is 0 Å². The Kier molecular flexibility index (Phi) is 9.29. The van der Waals surface area contributed by atoms with Gasteiger partial charge in [0.05, 0.1) is 19.3 Å². The minimum absolute atomic E-state index is 0.0131. The van der Waals surface area contributed by atoms with E-state index in [0.29, 0.717) is 24.3 Å². The van der Waals surface area contributed by atoms with Crippen LogP contribution in [0.15, 0.2) is 41.5 Å². The molecule has 3 heterocycles. The average molecular weight is 606 g/mol. The Hall–Kier alpha value is -3.09. The second-order valence-corrected chi connectivity index (χ2v) is 13.3. The maximum Gasteiger partial charge on any atom is 0.426 e. The van der Waals surface area contributed by atoms with E-state index in [1.165, 1.54) is 36.2 Å². The minimum Gasteiger partial charge on any atom is -0.443 e. The van der Waals surface area contributed by atoms with Gasteiger partial charge in [0, 0.05) is 36.1 Å². The Morgan fingerprint density at radius 3 is 2.36 bits per heavy atom. The summed E-state index contributed by atoms with van der Waals surface area (Å²) in [6.07, 6.45) is -0.406. The number of aliphatic imine (C=N–C) groups is 1. The molecule has 0 N–H and O–H groups in total. The zero-order valence-electron chi connectivity index (χ0n) is 24.9. The van der Waals surface area contributed by atoms with E-state index in [2.05, 4.69) is 4.98 Å². The molecule has 1 aromatic carbocycles. The molecule has 0 spiro atoms. The van der Waals surface area contributed by atoms with Crippen molar-refractivity contribution in [2.75, 3.05) is 26.1 Å². The summed E-state index contributed by atoms with van der Waals surface area (Å²) in [6, 6.07) is 7.40. The lowest BCUT2D eigenvalue weighted by atomic mass is 9.74. The number of fused-ring (bicyclic) bond motifs is 1. The summed E-state index contributed by atoms with van der Waals surface area (Å²) < 4.78 is 53.0. The Bertz CT molecular complexity index is 1330. The molecule has 0 saturated carbocycles. The fourth-order valence-electron chi connectivity index (χ4n) is 4.90. The van der Waals surface area contributed by atoms with Crippen LogP contribution in [0.2, 0.25) is 0 Å². The number of thioether (sulfide) groups is 1. The number of imide groups is 1. The number of nitrogens with zero attached hydrogens (tertiary/aromatic N) is 3. The maximum absolute atomic E-state index is 15.8. The number of amides is 2. The smallest absolute Gasteiger partial charge is 0.426 e. The third kappa shape index (κ3) is 7.09. The van der Waals surface area contributed by atoms with Gasteiger partial charge in [-0.3, -0.25) is 0 Å². The van der Waals surface area contributed by atoms with Crippen LogP contribution >= 0.6 is 11.8 Å². The van der Waals surface area contributed by atoms with Crippen molar-refractivity contribution in [3.8, 4) is 11.1 Å². The van der Waals surface area contributed by atoms with Gasteiger partial charge in [-0.15, -0.1) is 0 Å². The van der Waals surface area contributed by atoms with Gasteiger partial charge in [0.1, 0.15) is 22.6 Å². The monoisotopic (exact) mass is 605 g/mol. The molecule has 2 aromatic rings. The number of rotatable bonds is 4. The predicted octanol–water partition coefficient (Wildman–Crippen LogP) is 6.55. The fourth-order valence-corrected chi connectivity index (χ4v) is 6.16. The number of carbonyl (C=O) groups is 2. The number of amidine groups is 1. The molecular formula is C30H37F2N3O6S. The van der Waals surface area contributed by atoms with E-state index in [1.54, 1.807) is 60.8 Å². The lowest BCUT2D eigenvalue weighted by molar-refractivity contribution is -0.0839. The summed E-state index contributed by atoms with van der Waals surface area (Å²) >= 11 is 1.17. The Morgan fingerprint density at radius 1 is 1.10 bits per heavy atom. The number of aromatic nitrogens is 1. The first-order chi connectivity index (χ1) is 19.6. The highest BCUT2D eigenvalue weighted by Crippen LogP contribution is 2.48. The molecule has 0 radical (unpaired) electrons. The van der Waals surface area contributed by atoms with Crippen LogP contribution in [0.4, 0.5) is 18.4 Å². The quantitative estimate of drug-likeness (QED) is 0.362. The van der Waals surface area contributed by atoms with Gasteiger partial charge < -0.3 is 18.9 Å². The highest BCUT2D eigenvalue weighted by molar-refractivity contribution is 8.13. The molecule has 3 atom stereocenters. The van der Waals surface area contributed by atoms with E-state index in [0.717, 1.165) is 4.90 Å². The molecule has 1 saturated heterocycles. The van der Waals surface area contributed by atoms with E-state index in [1.807, 2.05) is 0 Å². The molecule has 1 aromatic heterocycles. The Labute approximate surface area is 249 Å². The van der Waals surface area contributed by atoms with E-state index >= 15 is 4.39 Å². The van der Waals surface area contributed by atoms with Crippen molar-refractivity contribution >= 4 is 29.1 Å². The van der Waals surface area contributed by atoms with Crippen LogP contribution in [0.3, 0.4) is 0 Å². The lowest BCUT2D eigenvalue weighted by Crippen LogP contribution is -2.54. The first-order valence-corrected chi connectivity index (χ1v) is 14.6. The number of hydrogen-bond donors (Lipinski definition) is 0. The van der Waals surface area contributed by atoms with E-state index in [4.69, 9.17) is 23.9 Å². The Morgan fingerprint density at radius 2 is 1.76 bits per heavy atom. The summed E-state index contributed by atoms with van der Waals surface area (Å²) in [5.74, 6) is -1.19. The van der Waals surface area contributed by atoms with Gasteiger partial charge in [-0.05, 0) is 77.8 Å². The molecule has 1 unspecified atom stereocenters. The Balaban J connectivity index is 1.88. The predicted molar refractivity (Wildman–Crippen MR) is 155 cm³/mol. The van der Waals surface area contributed by atoms with Crippen molar-refractivity contribution in [2.24, 2.45) is 10.9 Å². The third-order valence-corrected chi connectivity index (χ3v) is 7.77. The number of benzene rings is 1. The largest absolute Gasteiger partial charge is 0.443 e. The summed E-state index contributed by atoms with van der Waals surface area (Å²) in [4.78, 5) is 36.2. The number of halogens is 2. The van der Waals surface area contributed by atoms with Crippen LogP contribution in [0.25, 0.3) is 11.1 Å². The topological polar surface area (TPSA) is 99.5 Å².